The Morgan fingerprint density at radius 1 is 0.121 bits per heavy atom. The number of fused-ring (bicyclic) bond motifs is 21. The van der Waals surface area contributed by atoms with E-state index >= 15 is 0 Å². The molecule has 30 rings (SSSR count). The maximum Gasteiger partial charge on any atom is 0.0786 e. The molecule has 7 heteroatoms. The van der Waals surface area contributed by atoms with Crippen molar-refractivity contribution in [2.24, 2.45) is 0 Å². The SMILES string of the molecule is c1cc(-c2cc(-c3cccc4c3sc3ccccc34)cc(-c3cccc4ccc5cccnc5c34)c2)cc(-c2cccc3ccc4cccnc4c23)c1.c1cc(-c2cccc(-c3cccc4c3sc3ccccc34)c2)cc(-c2cccc(-c3cccc4ccc5cccnc5c34)c2)c1.c1ccc(-c2ccc(-c3cccc4c3sc3ccccc34)cc2-c2cc(-c3cccc4ccc5cccnc5c34)ccc2-c2ccccc2)cc1. The number of thiophene rings is 3. The fourth-order valence-corrected chi connectivity index (χ4v) is 26.4. The average Bonchev–Trinajstić information content (AvgIpc) is 1.39. The lowest BCUT2D eigenvalue weighted by Gasteiger charge is -2.19. The van der Waals surface area contributed by atoms with Crippen LogP contribution in [0.25, 0.3) is 292 Å². The molecule has 7 heterocycles. The summed E-state index contributed by atoms with van der Waals surface area (Å²) in [6.45, 7) is 0. The van der Waals surface area contributed by atoms with Gasteiger partial charge >= 0.3 is 0 Å². The summed E-state index contributed by atoms with van der Waals surface area (Å²) < 4.78 is 7.94. The molecule has 0 fully saturated rings. The van der Waals surface area contributed by atoms with Gasteiger partial charge in [0.25, 0.3) is 0 Å². The first-order valence-electron chi connectivity index (χ1n) is 50.6. The predicted octanol–water partition coefficient (Wildman–Crippen LogP) is 40.6. The summed E-state index contributed by atoms with van der Waals surface area (Å²) in [6.07, 6.45) is 7.58. The van der Waals surface area contributed by atoms with Crippen LogP contribution in [0.2, 0.25) is 0 Å². The molecule has 0 spiro atoms. The van der Waals surface area contributed by atoms with Gasteiger partial charge in [-0.3, -0.25) is 19.9 Å². The molecule has 0 N–H and O–H groups in total. The van der Waals surface area contributed by atoms with Crippen LogP contribution in [0.5, 0.6) is 0 Å². The Morgan fingerprint density at radius 3 is 0.711 bits per heavy atom. The Kier molecular flexibility index (Phi) is 22.2. The second-order valence-corrected chi connectivity index (χ2v) is 41.6. The quantitative estimate of drug-likeness (QED) is 0.108. The molecule has 149 heavy (non-hydrogen) atoms. The van der Waals surface area contributed by atoms with E-state index in [1.165, 1.54) is 248 Å². The van der Waals surface area contributed by atoms with Gasteiger partial charge in [-0.25, -0.2) is 0 Å². The molecule has 23 aromatic carbocycles. The maximum absolute atomic E-state index is 4.91. The summed E-state index contributed by atoms with van der Waals surface area (Å²) in [7, 11) is 0. The van der Waals surface area contributed by atoms with Crippen LogP contribution in [0.1, 0.15) is 0 Å². The van der Waals surface area contributed by atoms with Crippen molar-refractivity contribution in [3.63, 3.8) is 0 Å². The van der Waals surface area contributed by atoms with E-state index < -0.39 is 0 Å². The molecular formula is C142H88N4S3. The van der Waals surface area contributed by atoms with Crippen LogP contribution in [-0.2, 0) is 0 Å². The van der Waals surface area contributed by atoms with Crippen LogP contribution in [0.15, 0.2) is 534 Å². The maximum atomic E-state index is 4.91. The first-order chi connectivity index (χ1) is 73.9. The number of rotatable bonds is 13. The number of aromatic nitrogens is 4. The Labute approximate surface area is 873 Å². The lowest BCUT2D eigenvalue weighted by Crippen LogP contribution is -1.93. The van der Waals surface area contributed by atoms with Crippen LogP contribution in [0.3, 0.4) is 0 Å². The van der Waals surface area contributed by atoms with E-state index in [0.29, 0.717) is 0 Å². The first-order valence-corrected chi connectivity index (χ1v) is 53.1. The van der Waals surface area contributed by atoms with Gasteiger partial charge < -0.3 is 0 Å². The van der Waals surface area contributed by atoms with Crippen molar-refractivity contribution < 1.29 is 0 Å². The second kappa shape index (κ2) is 37.5. The standard InChI is InChI=1S/C50H30N2S.C49H31NS.C43H27NS/c1-2-20-45-43(15-1)44-19-6-18-42(50(44)53-45)39-29-37(28-38(30-39)41-17-5-10-32-22-24-34-14-8-26-52-49(34)47(32)41)35-11-3-12-36(27-35)40-16-4-9-31-21-23-33-13-7-25-51-48(33)46(31)40;1-3-12-32(13-4-1)38-27-25-36(40-19-9-16-34-23-24-35-17-11-29-50-48(35)47(34)40)30-44(38)45-31-37(26-28-39(45)33-14-5-2-6-15-33)41-20-10-21-43-42-18-7-8-22-46(42)51-49(41)43;1-2-21-40-38(17-1)39-20-7-19-37(43(39)45-40)35-15-5-13-33(27-35)31-11-3-10-30(25-31)32-12-4-14-34(26-32)36-18-6-9-28-22-23-29-16-8-24-44-42(29)41(28)36/h1-30H;1-31H;1-27H. The summed E-state index contributed by atoms with van der Waals surface area (Å²) in [4.78, 5) is 19.4. The molecule has 0 saturated heterocycles. The monoisotopic (exact) mass is 1940 g/mol. The zero-order chi connectivity index (χ0) is 98.4. The van der Waals surface area contributed by atoms with Crippen LogP contribution >= 0.6 is 34.0 Å². The van der Waals surface area contributed by atoms with E-state index in [-0.39, 0.29) is 0 Å². The minimum absolute atomic E-state index is 1.03. The summed E-state index contributed by atoms with van der Waals surface area (Å²) >= 11 is 5.64. The number of nitrogens with zero attached hydrogens (tertiary/aromatic N) is 4. The van der Waals surface area contributed by atoms with Gasteiger partial charge in [-0.1, -0.05) is 413 Å². The molecule has 0 aliphatic heterocycles. The lowest BCUT2D eigenvalue weighted by atomic mass is 9.85. The topological polar surface area (TPSA) is 51.6 Å². The third kappa shape index (κ3) is 16.0. The minimum atomic E-state index is 1.03. The van der Waals surface area contributed by atoms with Crippen molar-refractivity contribution in [3.05, 3.63) is 534 Å². The summed E-state index contributed by atoms with van der Waals surface area (Å²) in [6, 6.07) is 185. The molecule has 0 atom stereocenters. The third-order valence-electron chi connectivity index (χ3n) is 29.7. The Balaban J connectivity index is 0.000000108. The fraction of sp³-hybridized carbons (Fsp3) is 0. The minimum Gasteiger partial charge on any atom is -0.256 e. The van der Waals surface area contributed by atoms with Crippen molar-refractivity contribution in [3.8, 4) is 145 Å². The van der Waals surface area contributed by atoms with Gasteiger partial charge in [-0.2, -0.15) is 0 Å². The average molecular weight is 1950 g/mol. The molecular weight excluding hydrogens is 1860 g/mol. The zero-order valence-corrected chi connectivity index (χ0v) is 83.3. The van der Waals surface area contributed by atoms with Gasteiger partial charge in [-0.15, -0.1) is 34.0 Å². The van der Waals surface area contributed by atoms with Crippen molar-refractivity contribution in [2.75, 3.05) is 0 Å². The predicted molar refractivity (Wildman–Crippen MR) is 640 cm³/mol. The van der Waals surface area contributed by atoms with Gasteiger partial charge in [0.05, 0.1) is 22.1 Å². The van der Waals surface area contributed by atoms with Gasteiger partial charge in [0, 0.05) is 128 Å². The molecule has 0 bridgehead atoms. The van der Waals surface area contributed by atoms with Crippen LogP contribution in [-0.4, -0.2) is 19.9 Å². The fourth-order valence-electron chi connectivity index (χ4n) is 22.7. The summed E-state index contributed by atoms with van der Waals surface area (Å²) in [5.74, 6) is 0. The molecule has 0 radical (unpaired) electrons. The van der Waals surface area contributed by atoms with Gasteiger partial charge in [0.1, 0.15) is 0 Å². The van der Waals surface area contributed by atoms with E-state index in [1.807, 2.05) is 83.1 Å². The third-order valence-corrected chi connectivity index (χ3v) is 33.4. The first kappa shape index (κ1) is 88.1. The normalized spacial score (nSPS) is 11.6. The highest BCUT2D eigenvalue weighted by atomic mass is 32.1. The molecule has 0 unspecified atom stereocenters. The Bertz CT molecular complexity index is 10600. The van der Waals surface area contributed by atoms with E-state index in [0.717, 1.165) is 43.6 Å². The van der Waals surface area contributed by atoms with E-state index in [1.54, 1.807) is 0 Å². The lowest BCUT2D eigenvalue weighted by molar-refractivity contribution is 1.43. The van der Waals surface area contributed by atoms with E-state index in [2.05, 4.69) is 485 Å². The van der Waals surface area contributed by atoms with E-state index in [9.17, 15) is 0 Å². The molecule has 0 aliphatic carbocycles. The Hall–Kier alpha value is -18.6. The van der Waals surface area contributed by atoms with Crippen molar-refractivity contribution in [1.82, 2.24) is 19.9 Å². The van der Waals surface area contributed by atoms with Gasteiger partial charge in [0.2, 0.25) is 0 Å². The van der Waals surface area contributed by atoms with Crippen LogP contribution in [0.4, 0.5) is 0 Å². The number of benzene rings is 23. The van der Waals surface area contributed by atoms with Gasteiger partial charge in [-0.05, 0) is 263 Å². The molecule has 7 aromatic heterocycles. The van der Waals surface area contributed by atoms with Gasteiger partial charge in [0.15, 0.2) is 0 Å². The number of hydrogen-bond acceptors (Lipinski definition) is 7. The molecule has 0 amide bonds. The highest BCUT2D eigenvalue weighted by Gasteiger charge is 2.24. The summed E-state index contributed by atoms with van der Waals surface area (Å²) in [5.41, 5.74) is 35.5. The van der Waals surface area contributed by atoms with Crippen LogP contribution < -0.4 is 0 Å². The number of pyridine rings is 4. The van der Waals surface area contributed by atoms with Crippen molar-refractivity contribution >= 4 is 181 Å². The smallest absolute Gasteiger partial charge is 0.0786 e. The summed E-state index contributed by atoms with van der Waals surface area (Å²) in [5, 5.41) is 22.0. The molecule has 0 saturated carbocycles. The molecule has 694 valence electrons. The largest absolute Gasteiger partial charge is 0.256 e. The van der Waals surface area contributed by atoms with Crippen LogP contribution in [0, 0.1) is 0 Å². The Morgan fingerprint density at radius 2 is 0.349 bits per heavy atom. The highest BCUT2D eigenvalue weighted by Crippen LogP contribution is 2.51. The zero-order valence-electron chi connectivity index (χ0n) is 80.8. The number of hydrogen-bond donors (Lipinski definition) is 0. The molecule has 30 aromatic rings. The van der Waals surface area contributed by atoms with Crippen molar-refractivity contribution in [1.29, 1.82) is 0 Å². The molecule has 0 aliphatic rings. The highest BCUT2D eigenvalue weighted by molar-refractivity contribution is 7.27. The van der Waals surface area contributed by atoms with Crippen molar-refractivity contribution in [2.45, 2.75) is 0 Å². The van der Waals surface area contributed by atoms with E-state index in [4.69, 9.17) is 19.9 Å². The second-order valence-electron chi connectivity index (χ2n) is 38.4. The molecule has 4 nitrogen and oxygen atoms in total.